The fourth-order valence-corrected chi connectivity index (χ4v) is 4.09. The summed E-state index contributed by atoms with van der Waals surface area (Å²) in [6.07, 6.45) is 1.86. The first-order valence-corrected chi connectivity index (χ1v) is 10.3. The number of allylic oxidation sites excluding steroid dienone is 1. The van der Waals surface area contributed by atoms with Crippen molar-refractivity contribution in [2.75, 3.05) is 0 Å². The van der Waals surface area contributed by atoms with E-state index in [0.717, 1.165) is 39.0 Å². The van der Waals surface area contributed by atoms with Crippen LogP contribution in [0.25, 0.3) is 45.1 Å². The van der Waals surface area contributed by atoms with E-state index in [1.54, 1.807) is 0 Å². The molecule has 0 bridgehead atoms. The van der Waals surface area contributed by atoms with Crippen molar-refractivity contribution in [2.24, 2.45) is 0 Å². The zero-order valence-electron chi connectivity index (χ0n) is 15.8. The average Bonchev–Trinajstić information content (AvgIpc) is 3.46. The van der Waals surface area contributed by atoms with Crippen LogP contribution in [0.3, 0.4) is 0 Å². The van der Waals surface area contributed by atoms with Crippen molar-refractivity contribution in [2.45, 2.75) is 0 Å². The molecule has 142 valence electrons. The smallest absolute Gasteiger partial charge is 0.174 e. The van der Waals surface area contributed by atoms with Crippen LogP contribution in [0.15, 0.2) is 88.8 Å². The fourth-order valence-electron chi connectivity index (χ4n) is 3.29. The summed E-state index contributed by atoms with van der Waals surface area (Å²) in [7, 11) is 0. The summed E-state index contributed by atoms with van der Waals surface area (Å²) in [5.41, 5.74) is 5.09. The number of nitriles is 1. The average molecular weight is 405 g/mol. The van der Waals surface area contributed by atoms with Crippen LogP contribution in [0.2, 0.25) is 0 Å². The standard InChI is InChI=1S/C25H15N3OS/c26-15-20(25-27-23(16-30-25)18-7-3-1-4-8-18)13-17-11-12-22-21(14-17)24(29-28-22)19-9-5-2-6-10-19/h1-14,16H. The number of aromatic nitrogens is 2. The van der Waals surface area contributed by atoms with E-state index in [0.29, 0.717) is 10.6 Å². The van der Waals surface area contributed by atoms with Crippen molar-refractivity contribution >= 4 is 33.9 Å². The van der Waals surface area contributed by atoms with Crippen LogP contribution < -0.4 is 0 Å². The molecule has 5 aromatic rings. The van der Waals surface area contributed by atoms with Gasteiger partial charge in [0.1, 0.15) is 16.6 Å². The van der Waals surface area contributed by atoms with Gasteiger partial charge in [-0.25, -0.2) is 4.98 Å². The van der Waals surface area contributed by atoms with Gasteiger partial charge in [0.25, 0.3) is 0 Å². The Morgan fingerprint density at radius 3 is 2.40 bits per heavy atom. The second kappa shape index (κ2) is 7.78. The molecule has 0 saturated carbocycles. The third-order valence-electron chi connectivity index (χ3n) is 4.77. The highest BCUT2D eigenvalue weighted by molar-refractivity contribution is 7.11. The Morgan fingerprint density at radius 1 is 0.933 bits per heavy atom. The first-order valence-electron chi connectivity index (χ1n) is 9.40. The second-order valence-corrected chi connectivity index (χ2v) is 7.59. The summed E-state index contributed by atoms with van der Waals surface area (Å²) in [6, 6.07) is 28.0. The normalized spacial score (nSPS) is 11.5. The van der Waals surface area contributed by atoms with Crippen LogP contribution in [0.5, 0.6) is 0 Å². The number of hydrogen-bond acceptors (Lipinski definition) is 5. The molecule has 0 aliphatic heterocycles. The molecule has 0 radical (unpaired) electrons. The lowest BCUT2D eigenvalue weighted by Crippen LogP contribution is -1.83. The zero-order valence-corrected chi connectivity index (χ0v) is 16.6. The Balaban J connectivity index is 1.53. The van der Waals surface area contributed by atoms with Gasteiger partial charge < -0.3 is 4.52 Å². The highest BCUT2D eigenvalue weighted by atomic mass is 32.1. The molecule has 4 nitrogen and oxygen atoms in total. The maximum atomic E-state index is 9.74. The van der Waals surface area contributed by atoms with Crippen molar-refractivity contribution in [3.63, 3.8) is 0 Å². The van der Waals surface area contributed by atoms with E-state index in [2.05, 4.69) is 16.2 Å². The van der Waals surface area contributed by atoms with Crippen molar-refractivity contribution in [1.82, 2.24) is 10.1 Å². The van der Waals surface area contributed by atoms with Crippen molar-refractivity contribution in [3.05, 3.63) is 94.8 Å². The number of hydrogen-bond donors (Lipinski definition) is 0. The van der Waals surface area contributed by atoms with Gasteiger partial charge in [-0.1, -0.05) is 71.9 Å². The Kier molecular flexibility index (Phi) is 4.68. The summed E-state index contributed by atoms with van der Waals surface area (Å²) in [4.78, 5) is 4.66. The van der Waals surface area contributed by atoms with E-state index < -0.39 is 0 Å². The summed E-state index contributed by atoms with van der Waals surface area (Å²) >= 11 is 1.47. The van der Waals surface area contributed by atoms with Crippen molar-refractivity contribution in [3.8, 4) is 28.7 Å². The summed E-state index contributed by atoms with van der Waals surface area (Å²) in [5, 5.41) is 17.5. The number of benzene rings is 3. The topological polar surface area (TPSA) is 62.7 Å². The van der Waals surface area contributed by atoms with Crippen molar-refractivity contribution < 1.29 is 4.52 Å². The van der Waals surface area contributed by atoms with Gasteiger partial charge in [0.15, 0.2) is 5.76 Å². The fraction of sp³-hybridized carbons (Fsp3) is 0. The molecule has 5 rings (SSSR count). The quantitative estimate of drug-likeness (QED) is 0.313. The lowest BCUT2D eigenvalue weighted by atomic mass is 10.0. The van der Waals surface area contributed by atoms with Gasteiger partial charge in [-0.2, -0.15) is 5.26 Å². The number of fused-ring (bicyclic) bond motifs is 1. The molecular weight excluding hydrogens is 390 g/mol. The summed E-state index contributed by atoms with van der Waals surface area (Å²) in [5.74, 6) is 0.722. The van der Waals surface area contributed by atoms with Crippen LogP contribution in [-0.2, 0) is 0 Å². The van der Waals surface area contributed by atoms with Gasteiger partial charge in [-0.3, -0.25) is 0 Å². The van der Waals surface area contributed by atoms with Gasteiger partial charge in [-0.15, -0.1) is 11.3 Å². The molecule has 0 fully saturated rings. The van der Waals surface area contributed by atoms with Gasteiger partial charge in [0.2, 0.25) is 0 Å². The molecule has 0 aliphatic carbocycles. The lowest BCUT2D eigenvalue weighted by Gasteiger charge is -1.99. The van der Waals surface area contributed by atoms with Gasteiger partial charge in [-0.05, 0) is 23.8 Å². The zero-order chi connectivity index (χ0) is 20.3. The van der Waals surface area contributed by atoms with E-state index in [-0.39, 0.29) is 0 Å². The van der Waals surface area contributed by atoms with E-state index >= 15 is 0 Å². The van der Waals surface area contributed by atoms with Crippen molar-refractivity contribution in [1.29, 1.82) is 5.26 Å². The first-order chi connectivity index (χ1) is 14.8. The lowest BCUT2D eigenvalue weighted by molar-refractivity contribution is 0.441. The maximum absolute atomic E-state index is 9.74. The van der Waals surface area contributed by atoms with Gasteiger partial charge >= 0.3 is 0 Å². The molecule has 2 aromatic heterocycles. The van der Waals surface area contributed by atoms with Gasteiger partial charge in [0, 0.05) is 16.5 Å². The van der Waals surface area contributed by atoms with Gasteiger partial charge in [0.05, 0.1) is 16.7 Å². The highest BCUT2D eigenvalue weighted by Gasteiger charge is 2.12. The predicted molar refractivity (Wildman–Crippen MR) is 120 cm³/mol. The Morgan fingerprint density at radius 2 is 1.67 bits per heavy atom. The van der Waals surface area contributed by atoms with E-state index in [4.69, 9.17) is 4.52 Å². The Hall–Kier alpha value is -4.01. The minimum absolute atomic E-state index is 0.527. The number of rotatable bonds is 4. The second-order valence-electron chi connectivity index (χ2n) is 6.73. The number of nitrogens with zero attached hydrogens (tertiary/aromatic N) is 3. The molecule has 0 amide bonds. The Bertz CT molecular complexity index is 1390. The minimum atomic E-state index is 0.527. The molecule has 0 aliphatic rings. The summed E-state index contributed by atoms with van der Waals surface area (Å²) < 4.78 is 5.58. The molecule has 0 N–H and O–H groups in total. The van der Waals surface area contributed by atoms with Crippen LogP contribution in [-0.4, -0.2) is 10.1 Å². The largest absolute Gasteiger partial charge is 0.355 e. The third-order valence-corrected chi connectivity index (χ3v) is 5.65. The molecule has 0 saturated heterocycles. The van der Waals surface area contributed by atoms with Crippen LogP contribution in [0.4, 0.5) is 0 Å². The van der Waals surface area contributed by atoms with Crippen LogP contribution in [0.1, 0.15) is 10.6 Å². The minimum Gasteiger partial charge on any atom is -0.355 e. The third kappa shape index (κ3) is 3.41. The monoisotopic (exact) mass is 405 g/mol. The SMILES string of the molecule is N#CC(=Cc1ccc2noc(-c3ccccc3)c2c1)c1nc(-c2ccccc2)cs1. The summed E-state index contributed by atoms with van der Waals surface area (Å²) in [6.45, 7) is 0. The van der Waals surface area contributed by atoms with Crippen LogP contribution in [0, 0.1) is 11.3 Å². The van der Waals surface area contributed by atoms with E-state index in [9.17, 15) is 5.26 Å². The number of thiazole rings is 1. The van der Waals surface area contributed by atoms with E-state index in [1.807, 2.05) is 90.3 Å². The molecule has 0 spiro atoms. The van der Waals surface area contributed by atoms with Crippen LogP contribution >= 0.6 is 11.3 Å². The maximum Gasteiger partial charge on any atom is 0.174 e. The predicted octanol–water partition coefficient (Wildman–Crippen LogP) is 6.68. The van der Waals surface area contributed by atoms with E-state index in [1.165, 1.54) is 11.3 Å². The molecule has 3 aromatic carbocycles. The molecular formula is C25H15N3OS. The highest BCUT2D eigenvalue weighted by Crippen LogP contribution is 2.31. The molecule has 0 unspecified atom stereocenters. The first kappa shape index (κ1) is 18.0. The molecule has 5 heteroatoms. The molecule has 2 heterocycles. The molecule has 30 heavy (non-hydrogen) atoms. The Labute approximate surface area is 177 Å². The molecule has 0 atom stereocenters.